The molecule has 0 aromatic heterocycles. The Bertz CT molecular complexity index is 1340. The van der Waals surface area contributed by atoms with Crippen molar-refractivity contribution in [3.05, 3.63) is 99.8 Å². The number of halogens is 2. The second-order valence-electron chi connectivity index (χ2n) is 9.59. The van der Waals surface area contributed by atoms with Crippen LogP contribution in [-0.4, -0.2) is 23.4 Å². The molecule has 0 radical (unpaired) electrons. The van der Waals surface area contributed by atoms with E-state index in [-0.39, 0.29) is 16.7 Å². The average Bonchev–Trinajstić information content (AvgIpc) is 3.10. The molecule has 4 rings (SSSR count). The molecule has 36 heavy (non-hydrogen) atoms. The van der Waals surface area contributed by atoms with Crippen LogP contribution in [0.3, 0.4) is 0 Å². The molecule has 1 heterocycles. The maximum absolute atomic E-state index is 13.7. The first-order valence-electron chi connectivity index (χ1n) is 11.6. The lowest BCUT2D eigenvalue weighted by molar-refractivity contribution is -0.132. The SMILES string of the molecule is CCOc1ccc(/C(O)=C2/C(=O)C(=O)N(c3ccc(Cl)cc3)C2c2ccc(F)cc2)cc1C(C)(C)C. The Hall–Kier alpha value is -3.64. The maximum Gasteiger partial charge on any atom is 0.300 e. The van der Waals surface area contributed by atoms with Gasteiger partial charge < -0.3 is 9.84 Å². The minimum Gasteiger partial charge on any atom is -0.507 e. The van der Waals surface area contributed by atoms with Gasteiger partial charge in [-0.05, 0) is 72.5 Å². The molecule has 7 heteroatoms. The standard InChI is InChI=1S/C29H27ClFNO4/c1-5-36-23-15-8-18(16-22(23)29(2,3)4)26(33)24-25(17-6-11-20(31)12-7-17)32(28(35)27(24)34)21-13-9-19(30)10-14-21/h6-16,25,33H,5H2,1-4H3/b26-24-. The van der Waals surface area contributed by atoms with Crippen molar-refractivity contribution in [1.29, 1.82) is 0 Å². The molecule has 0 spiro atoms. The van der Waals surface area contributed by atoms with Gasteiger partial charge >= 0.3 is 0 Å². The summed E-state index contributed by atoms with van der Waals surface area (Å²) in [4.78, 5) is 27.9. The molecule has 1 fully saturated rings. The molecule has 3 aromatic carbocycles. The van der Waals surface area contributed by atoms with E-state index < -0.39 is 23.5 Å². The second-order valence-corrected chi connectivity index (χ2v) is 10.0. The molecule has 1 aliphatic rings. The van der Waals surface area contributed by atoms with Gasteiger partial charge in [-0.15, -0.1) is 0 Å². The predicted octanol–water partition coefficient (Wildman–Crippen LogP) is 6.80. The summed E-state index contributed by atoms with van der Waals surface area (Å²) in [7, 11) is 0. The fraction of sp³-hybridized carbons (Fsp3) is 0.241. The molecule has 1 aliphatic heterocycles. The predicted molar refractivity (Wildman–Crippen MR) is 139 cm³/mol. The molecule has 3 aromatic rings. The van der Waals surface area contributed by atoms with Gasteiger partial charge in [0, 0.05) is 21.8 Å². The van der Waals surface area contributed by atoms with Crippen LogP contribution < -0.4 is 9.64 Å². The molecule has 0 saturated carbocycles. The van der Waals surface area contributed by atoms with Crippen LogP contribution in [0, 0.1) is 5.82 Å². The molecule has 1 saturated heterocycles. The molecular formula is C29H27ClFNO4. The van der Waals surface area contributed by atoms with Gasteiger partial charge in [0.2, 0.25) is 0 Å². The van der Waals surface area contributed by atoms with Gasteiger partial charge in [-0.3, -0.25) is 14.5 Å². The third-order valence-corrected chi connectivity index (χ3v) is 6.35. The quantitative estimate of drug-likeness (QED) is 0.234. The highest BCUT2D eigenvalue weighted by atomic mass is 35.5. The lowest BCUT2D eigenvalue weighted by Gasteiger charge is -2.26. The number of anilines is 1. The normalized spacial score (nSPS) is 17.5. The maximum atomic E-state index is 13.7. The molecule has 1 N–H and O–H groups in total. The lowest BCUT2D eigenvalue weighted by atomic mass is 9.84. The number of carbonyl (C=O) groups excluding carboxylic acids is 2. The van der Waals surface area contributed by atoms with Crippen LogP contribution in [0.25, 0.3) is 5.76 Å². The minimum atomic E-state index is -0.962. The number of amides is 1. The third kappa shape index (κ3) is 4.73. The zero-order chi connectivity index (χ0) is 26.2. The summed E-state index contributed by atoms with van der Waals surface area (Å²) in [5.41, 5.74) is 1.74. The Morgan fingerprint density at radius 1 is 1.03 bits per heavy atom. The van der Waals surface area contributed by atoms with Gasteiger partial charge in [-0.1, -0.05) is 44.5 Å². The van der Waals surface area contributed by atoms with Crippen molar-refractivity contribution >= 4 is 34.7 Å². The minimum absolute atomic E-state index is 0.0782. The van der Waals surface area contributed by atoms with Gasteiger partial charge in [-0.2, -0.15) is 0 Å². The molecule has 186 valence electrons. The summed E-state index contributed by atoms with van der Waals surface area (Å²) in [5.74, 6) is -1.72. The number of carbonyl (C=O) groups is 2. The van der Waals surface area contributed by atoms with E-state index in [1.165, 1.54) is 29.2 Å². The summed E-state index contributed by atoms with van der Waals surface area (Å²) in [6.45, 7) is 8.43. The molecular weight excluding hydrogens is 481 g/mol. The summed E-state index contributed by atoms with van der Waals surface area (Å²) < 4.78 is 19.5. The fourth-order valence-electron chi connectivity index (χ4n) is 4.36. The van der Waals surface area contributed by atoms with E-state index in [1.807, 2.05) is 27.7 Å². The van der Waals surface area contributed by atoms with Crippen molar-refractivity contribution in [1.82, 2.24) is 0 Å². The van der Waals surface area contributed by atoms with E-state index in [1.54, 1.807) is 42.5 Å². The van der Waals surface area contributed by atoms with Crippen LogP contribution in [-0.2, 0) is 15.0 Å². The van der Waals surface area contributed by atoms with E-state index in [2.05, 4.69) is 0 Å². The smallest absolute Gasteiger partial charge is 0.300 e. The van der Waals surface area contributed by atoms with E-state index in [0.29, 0.717) is 34.2 Å². The van der Waals surface area contributed by atoms with Crippen molar-refractivity contribution in [3.8, 4) is 5.75 Å². The first-order valence-corrected chi connectivity index (χ1v) is 12.0. The summed E-state index contributed by atoms with van der Waals surface area (Å²) in [5, 5.41) is 11.9. The number of ether oxygens (including phenoxy) is 1. The number of nitrogens with zero attached hydrogens (tertiary/aromatic N) is 1. The van der Waals surface area contributed by atoms with Crippen molar-refractivity contribution in [2.45, 2.75) is 39.2 Å². The van der Waals surface area contributed by atoms with Crippen molar-refractivity contribution < 1.29 is 23.8 Å². The highest BCUT2D eigenvalue weighted by Crippen LogP contribution is 2.43. The molecule has 1 atom stereocenters. The zero-order valence-electron chi connectivity index (χ0n) is 20.5. The number of hydrogen-bond donors (Lipinski definition) is 1. The Labute approximate surface area is 214 Å². The lowest BCUT2D eigenvalue weighted by Crippen LogP contribution is -2.29. The second kappa shape index (κ2) is 9.78. The average molecular weight is 508 g/mol. The highest BCUT2D eigenvalue weighted by Gasteiger charge is 2.47. The fourth-order valence-corrected chi connectivity index (χ4v) is 4.49. The van der Waals surface area contributed by atoms with E-state index in [0.717, 1.165) is 5.56 Å². The zero-order valence-corrected chi connectivity index (χ0v) is 21.3. The molecule has 0 aliphatic carbocycles. The number of Topliss-reactive ketones (excluding diaryl/α,β-unsaturated/α-hetero) is 1. The Balaban J connectivity index is 1.94. The number of ketones is 1. The number of hydrogen-bond acceptors (Lipinski definition) is 4. The number of rotatable bonds is 5. The topological polar surface area (TPSA) is 66.8 Å². The summed E-state index contributed by atoms with van der Waals surface area (Å²) in [6, 6.07) is 16.2. The van der Waals surface area contributed by atoms with Crippen LogP contribution in [0.15, 0.2) is 72.3 Å². The monoisotopic (exact) mass is 507 g/mol. The van der Waals surface area contributed by atoms with Crippen molar-refractivity contribution in [3.63, 3.8) is 0 Å². The number of aliphatic hydroxyl groups excluding tert-OH is 1. The van der Waals surface area contributed by atoms with E-state index >= 15 is 0 Å². The van der Waals surface area contributed by atoms with E-state index in [4.69, 9.17) is 16.3 Å². The van der Waals surface area contributed by atoms with E-state index in [9.17, 15) is 19.1 Å². The number of aliphatic hydroxyl groups is 1. The molecule has 1 unspecified atom stereocenters. The highest BCUT2D eigenvalue weighted by molar-refractivity contribution is 6.51. The van der Waals surface area contributed by atoms with Crippen molar-refractivity contribution in [2.24, 2.45) is 0 Å². The Morgan fingerprint density at radius 2 is 1.67 bits per heavy atom. The van der Waals surface area contributed by atoms with Crippen LogP contribution in [0.2, 0.25) is 5.02 Å². The van der Waals surface area contributed by atoms with Crippen LogP contribution in [0.4, 0.5) is 10.1 Å². The van der Waals surface area contributed by atoms with Gasteiger partial charge in [0.1, 0.15) is 17.3 Å². The Morgan fingerprint density at radius 3 is 2.25 bits per heavy atom. The molecule has 5 nitrogen and oxygen atoms in total. The molecule has 0 bridgehead atoms. The van der Waals surface area contributed by atoms with Crippen LogP contribution >= 0.6 is 11.6 Å². The van der Waals surface area contributed by atoms with Gasteiger partial charge in [0.25, 0.3) is 11.7 Å². The van der Waals surface area contributed by atoms with Crippen LogP contribution in [0.5, 0.6) is 5.75 Å². The summed E-state index contributed by atoms with van der Waals surface area (Å²) in [6.07, 6.45) is 0. The van der Waals surface area contributed by atoms with Crippen LogP contribution in [0.1, 0.15) is 50.4 Å². The van der Waals surface area contributed by atoms with Crippen molar-refractivity contribution in [2.75, 3.05) is 11.5 Å². The Kier molecular flexibility index (Phi) is 6.92. The first-order chi connectivity index (χ1) is 17.0. The van der Waals surface area contributed by atoms with Gasteiger partial charge in [0.05, 0.1) is 18.2 Å². The largest absolute Gasteiger partial charge is 0.507 e. The first kappa shape index (κ1) is 25.5. The summed E-state index contributed by atoms with van der Waals surface area (Å²) >= 11 is 6.03. The molecule has 1 amide bonds. The third-order valence-electron chi connectivity index (χ3n) is 6.10. The van der Waals surface area contributed by atoms with Gasteiger partial charge in [0.15, 0.2) is 0 Å². The number of benzene rings is 3. The van der Waals surface area contributed by atoms with Gasteiger partial charge in [-0.25, -0.2) is 4.39 Å².